The summed E-state index contributed by atoms with van der Waals surface area (Å²) in [7, 11) is -1.05. The van der Waals surface area contributed by atoms with Gasteiger partial charge in [0.1, 0.15) is 0 Å². The molecule has 1 N–H and O–H groups in total. The van der Waals surface area contributed by atoms with Crippen molar-refractivity contribution in [2.75, 3.05) is 25.9 Å². The van der Waals surface area contributed by atoms with Crippen molar-refractivity contribution < 1.29 is 13.5 Å². The van der Waals surface area contributed by atoms with Crippen molar-refractivity contribution in [1.29, 1.82) is 0 Å². The lowest BCUT2D eigenvalue weighted by atomic mass is 9.93. The molecule has 4 rings (SSSR count). The van der Waals surface area contributed by atoms with E-state index in [0.29, 0.717) is 18.0 Å². The second kappa shape index (κ2) is 10.7. The summed E-state index contributed by atoms with van der Waals surface area (Å²) in [6.45, 7) is 3.78. The minimum Gasteiger partial charge on any atom is -0.349 e. The van der Waals surface area contributed by atoms with Crippen molar-refractivity contribution in [2.24, 2.45) is 5.92 Å². The molecule has 1 aliphatic rings. The fourth-order valence-corrected chi connectivity index (χ4v) is 4.49. The van der Waals surface area contributed by atoms with Gasteiger partial charge in [-0.1, -0.05) is 35.5 Å². The first-order valence-electron chi connectivity index (χ1n) is 10.9. The average molecular weight is 453 g/mol. The van der Waals surface area contributed by atoms with Crippen molar-refractivity contribution in [3.63, 3.8) is 0 Å². The van der Waals surface area contributed by atoms with Crippen LogP contribution in [-0.2, 0) is 17.3 Å². The van der Waals surface area contributed by atoms with E-state index in [1.54, 1.807) is 30.5 Å². The van der Waals surface area contributed by atoms with Gasteiger partial charge < -0.3 is 9.84 Å². The molecule has 168 valence electrons. The highest BCUT2D eigenvalue weighted by atomic mass is 32.2. The van der Waals surface area contributed by atoms with Gasteiger partial charge in [-0.2, -0.15) is 4.98 Å². The lowest BCUT2D eigenvalue weighted by molar-refractivity contribution is 0.0934. The van der Waals surface area contributed by atoms with Crippen LogP contribution in [0.15, 0.2) is 64.0 Å². The van der Waals surface area contributed by atoms with E-state index in [1.165, 1.54) is 5.56 Å². The van der Waals surface area contributed by atoms with Crippen molar-refractivity contribution in [3.8, 4) is 11.5 Å². The number of hydrogen-bond acceptors (Lipinski definition) is 6. The molecule has 7 nitrogen and oxygen atoms in total. The van der Waals surface area contributed by atoms with Crippen molar-refractivity contribution >= 4 is 16.7 Å². The van der Waals surface area contributed by atoms with Crippen LogP contribution in [0, 0.1) is 5.92 Å². The van der Waals surface area contributed by atoms with Crippen molar-refractivity contribution in [2.45, 2.75) is 30.7 Å². The summed E-state index contributed by atoms with van der Waals surface area (Å²) in [5.41, 5.74) is 2.04. The van der Waals surface area contributed by atoms with Gasteiger partial charge in [0, 0.05) is 40.6 Å². The molecular formula is C24H28N4O3S. The summed E-state index contributed by atoms with van der Waals surface area (Å²) in [4.78, 5) is 19.8. The van der Waals surface area contributed by atoms with E-state index in [0.717, 1.165) is 43.8 Å². The van der Waals surface area contributed by atoms with Gasteiger partial charge in [0.15, 0.2) is 0 Å². The third-order valence-corrected chi connectivity index (χ3v) is 6.79. The first kappa shape index (κ1) is 22.4. The lowest BCUT2D eigenvalue weighted by Gasteiger charge is -2.32. The van der Waals surface area contributed by atoms with E-state index in [-0.39, 0.29) is 17.6 Å². The molecule has 0 radical (unpaired) electrons. The van der Waals surface area contributed by atoms with E-state index in [9.17, 15) is 9.00 Å². The summed E-state index contributed by atoms with van der Waals surface area (Å²) in [5.74, 6) is 0.591. The Morgan fingerprint density at radius 1 is 1.12 bits per heavy atom. The van der Waals surface area contributed by atoms with E-state index >= 15 is 0 Å². The van der Waals surface area contributed by atoms with Crippen LogP contribution < -0.4 is 5.32 Å². The number of nitrogens with one attached hydrogen (secondary N) is 1. The Morgan fingerprint density at radius 3 is 2.53 bits per heavy atom. The van der Waals surface area contributed by atoms with Crippen LogP contribution in [0.25, 0.3) is 11.5 Å². The number of likely N-dealkylation sites (tertiary alicyclic amines) is 1. The second-order valence-electron chi connectivity index (χ2n) is 8.15. The monoisotopic (exact) mass is 452 g/mol. The van der Waals surface area contributed by atoms with Gasteiger partial charge in [0.2, 0.25) is 0 Å². The van der Waals surface area contributed by atoms with Gasteiger partial charge in [-0.25, -0.2) is 0 Å². The molecule has 0 aliphatic carbocycles. The SMILES string of the molecule is CS(=O)c1ccc(-c2nc(C(=O)NCCC3CCN(Cc4ccccc4)CC3)no2)cc1. The maximum Gasteiger partial charge on any atom is 0.292 e. The van der Waals surface area contributed by atoms with E-state index < -0.39 is 10.8 Å². The molecule has 0 spiro atoms. The van der Waals surface area contributed by atoms with Crippen LogP contribution in [0.1, 0.15) is 35.4 Å². The van der Waals surface area contributed by atoms with Gasteiger partial charge in [-0.3, -0.25) is 13.9 Å². The summed E-state index contributed by atoms with van der Waals surface area (Å²) >= 11 is 0. The van der Waals surface area contributed by atoms with Gasteiger partial charge in [-0.05, 0) is 68.1 Å². The Bertz CT molecular complexity index is 1040. The third-order valence-electron chi connectivity index (χ3n) is 5.86. The lowest BCUT2D eigenvalue weighted by Crippen LogP contribution is -2.35. The molecular weight excluding hydrogens is 424 g/mol. The number of piperidine rings is 1. The number of aromatic nitrogens is 2. The maximum absolute atomic E-state index is 12.4. The molecule has 3 aromatic rings. The number of benzene rings is 2. The van der Waals surface area contributed by atoms with Crippen LogP contribution in [0.2, 0.25) is 0 Å². The Balaban J connectivity index is 1.20. The summed E-state index contributed by atoms with van der Waals surface area (Å²) < 4.78 is 16.7. The predicted octanol–water partition coefficient (Wildman–Crippen LogP) is 3.51. The predicted molar refractivity (Wildman–Crippen MR) is 123 cm³/mol. The summed E-state index contributed by atoms with van der Waals surface area (Å²) in [6.07, 6.45) is 4.87. The first-order chi connectivity index (χ1) is 15.6. The highest BCUT2D eigenvalue weighted by Crippen LogP contribution is 2.22. The Kier molecular flexibility index (Phi) is 7.44. The first-order valence-corrected chi connectivity index (χ1v) is 12.5. The van der Waals surface area contributed by atoms with Crippen LogP contribution in [0.3, 0.4) is 0 Å². The molecule has 8 heteroatoms. The molecule has 1 unspecified atom stereocenters. The fraction of sp³-hybridized carbons (Fsp3) is 0.375. The quantitative estimate of drug-likeness (QED) is 0.563. The minimum absolute atomic E-state index is 0.0285. The number of rotatable bonds is 8. The smallest absolute Gasteiger partial charge is 0.292 e. The molecule has 2 heterocycles. The molecule has 0 bridgehead atoms. The number of hydrogen-bond donors (Lipinski definition) is 1. The zero-order chi connectivity index (χ0) is 22.3. The Morgan fingerprint density at radius 2 is 1.84 bits per heavy atom. The molecule has 32 heavy (non-hydrogen) atoms. The fourth-order valence-electron chi connectivity index (χ4n) is 3.97. The van der Waals surface area contributed by atoms with E-state index in [4.69, 9.17) is 4.52 Å². The second-order valence-corrected chi connectivity index (χ2v) is 9.53. The molecule has 0 saturated carbocycles. The Hall–Kier alpha value is -2.84. The van der Waals surface area contributed by atoms with Gasteiger partial charge in [0.05, 0.1) is 0 Å². The normalized spacial score (nSPS) is 16.0. The molecule has 1 saturated heterocycles. The van der Waals surface area contributed by atoms with E-state index in [1.807, 2.05) is 6.07 Å². The summed E-state index contributed by atoms with van der Waals surface area (Å²) in [6, 6.07) is 17.6. The highest BCUT2D eigenvalue weighted by molar-refractivity contribution is 7.84. The zero-order valence-electron chi connectivity index (χ0n) is 18.2. The Labute approximate surface area is 190 Å². The molecule has 1 amide bonds. The maximum atomic E-state index is 12.4. The number of carbonyl (C=O) groups excluding carboxylic acids is 1. The van der Waals surface area contributed by atoms with Gasteiger partial charge in [-0.15, -0.1) is 0 Å². The molecule has 1 fully saturated rings. The molecule has 1 aliphatic heterocycles. The highest BCUT2D eigenvalue weighted by Gasteiger charge is 2.20. The van der Waals surface area contributed by atoms with Crippen LogP contribution in [-0.4, -0.2) is 51.0 Å². The average Bonchev–Trinajstić information content (AvgIpc) is 3.31. The topological polar surface area (TPSA) is 88.3 Å². The molecule has 1 aromatic heterocycles. The standard InChI is InChI=1S/C24H28N4O3S/c1-32(30)21-9-7-20(8-10-21)24-26-22(27-31-24)23(29)25-14-11-18-12-15-28(16-13-18)17-19-5-3-2-4-6-19/h2-10,18H,11-17H2,1H3,(H,25,29). The summed E-state index contributed by atoms with van der Waals surface area (Å²) in [5, 5.41) is 6.71. The number of nitrogens with zero attached hydrogens (tertiary/aromatic N) is 3. The number of carbonyl (C=O) groups is 1. The minimum atomic E-state index is -1.05. The van der Waals surface area contributed by atoms with Gasteiger partial charge in [0.25, 0.3) is 17.6 Å². The van der Waals surface area contributed by atoms with E-state index in [2.05, 4.69) is 44.6 Å². The zero-order valence-corrected chi connectivity index (χ0v) is 19.0. The largest absolute Gasteiger partial charge is 0.349 e. The van der Waals surface area contributed by atoms with Crippen LogP contribution in [0.4, 0.5) is 0 Å². The third kappa shape index (κ3) is 5.89. The molecule has 1 atom stereocenters. The van der Waals surface area contributed by atoms with Gasteiger partial charge >= 0.3 is 0 Å². The molecule has 2 aromatic carbocycles. The van der Waals surface area contributed by atoms with Crippen molar-refractivity contribution in [1.82, 2.24) is 20.4 Å². The van der Waals surface area contributed by atoms with Crippen LogP contribution in [0.5, 0.6) is 0 Å². The van der Waals surface area contributed by atoms with Crippen LogP contribution >= 0.6 is 0 Å². The van der Waals surface area contributed by atoms with Crippen molar-refractivity contribution in [3.05, 3.63) is 66.0 Å². The number of amides is 1.